The van der Waals surface area contributed by atoms with E-state index in [0.29, 0.717) is 0 Å². The van der Waals surface area contributed by atoms with Crippen LogP contribution < -0.4 is 10.1 Å². The molecule has 53 heavy (non-hydrogen) atoms. The third kappa shape index (κ3) is 8.66. The summed E-state index contributed by atoms with van der Waals surface area (Å²) in [5.41, 5.74) is -0.293. The fourth-order valence-corrected chi connectivity index (χ4v) is 6.02. The Balaban J connectivity index is 1.60. The number of nitrogens with one attached hydrogen (secondary N) is 1. The van der Waals surface area contributed by atoms with E-state index >= 15 is 4.39 Å². The SMILES string of the molecule is CC(=O)N[C@@H]1[C@@H](O)[C@@H](F)[C@](O[C@@H]2[C@@H](O)[C@@H](O[C@H]3[C@H](O)[C@@H](O)[C@@H](Oc4ccc([N+](=O)[O-])cc4)O[C@@H]3CO)O[C@H](CO)[C@H]2O)(C(=O)O)O[C@H]1[C@@H](O)[C@H](O)CO. The van der Waals surface area contributed by atoms with Crippen LogP contribution in [0.2, 0.25) is 0 Å². The Kier molecular flexibility index (Phi) is 14.0. The van der Waals surface area contributed by atoms with Crippen LogP contribution in [0.3, 0.4) is 0 Å². The number of hydrogen-bond donors (Lipinski definition) is 12. The Hall–Kier alpha value is -3.31. The molecule has 0 unspecified atom stereocenters. The number of non-ortho nitro benzene ring substituents is 1. The van der Waals surface area contributed by atoms with E-state index in [1.165, 1.54) is 0 Å². The minimum absolute atomic E-state index is 0.0636. The van der Waals surface area contributed by atoms with Crippen molar-refractivity contribution in [3.05, 3.63) is 34.4 Å². The molecule has 0 saturated carbocycles. The minimum atomic E-state index is -3.77. The lowest BCUT2D eigenvalue weighted by Gasteiger charge is -2.51. The number of nitro groups is 1. The Morgan fingerprint density at radius 3 is 2.06 bits per heavy atom. The highest BCUT2D eigenvalue weighted by Gasteiger charge is 2.65. The van der Waals surface area contributed by atoms with Crippen LogP contribution in [0.25, 0.3) is 0 Å². The van der Waals surface area contributed by atoms with Gasteiger partial charge >= 0.3 is 11.8 Å². The van der Waals surface area contributed by atoms with Crippen LogP contribution in [-0.4, -0.2) is 197 Å². The monoisotopic (exact) mass is 772 g/mol. The molecule has 0 radical (unpaired) electrons. The lowest BCUT2D eigenvalue weighted by Crippen LogP contribution is -2.75. The average Bonchev–Trinajstić information content (AvgIpc) is 3.12. The van der Waals surface area contributed by atoms with Crippen LogP contribution in [0, 0.1) is 10.1 Å². The number of benzene rings is 1. The molecule has 0 aromatic heterocycles. The van der Waals surface area contributed by atoms with Crippen molar-refractivity contribution >= 4 is 17.6 Å². The first-order valence-electron chi connectivity index (χ1n) is 15.9. The Morgan fingerprint density at radius 1 is 0.925 bits per heavy atom. The van der Waals surface area contributed by atoms with Crippen molar-refractivity contribution < 1.29 is 103 Å². The summed E-state index contributed by atoms with van der Waals surface area (Å²) in [5.74, 6) is -7.15. The van der Waals surface area contributed by atoms with Gasteiger partial charge in [0.05, 0.1) is 30.8 Å². The summed E-state index contributed by atoms with van der Waals surface area (Å²) in [6, 6.07) is 2.49. The number of alkyl halides is 1. The minimum Gasteiger partial charge on any atom is -0.477 e. The Morgan fingerprint density at radius 2 is 1.53 bits per heavy atom. The number of carboxylic acids is 1. The highest BCUT2D eigenvalue weighted by atomic mass is 19.1. The zero-order valence-corrected chi connectivity index (χ0v) is 27.5. The van der Waals surface area contributed by atoms with Gasteiger partial charge in [-0.05, 0) is 12.1 Å². The predicted molar refractivity (Wildman–Crippen MR) is 162 cm³/mol. The van der Waals surface area contributed by atoms with Gasteiger partial charge in [0, 0.05) is 19.1 Å². The summed E-state index contributed by atoms with van der Waals surface area (Å²) in [6.45, 7) is -2.32. The number of amides is 1. The molecule has 3 saturated heterocycles. The summed E-state index contributed by atoms with van der Waals surface area (Å²) in [7, 11) is 0. The lowest BCUT2D eigenvalue weighted by atomic mass is 9.86. The summed E-state index contributed by atoms with van der Waals surface area (Å²) in [6.07, 6.45) is -32.7. The molecule has 3 fully saturated rings. The standard InChI is InChI=1S/C29H41FN2O21/c1-9(36)31-15-18(40)25(30)29(28(44)45,52-23(15)16(38)12(37)6-33)53-24-17(39)13(7-34)49-27(21(24)43)51-22-14(8-35)50-26(20(42)19(22)41)48-11-4-2-10(3-5-11)32(46)47/h2-5,12-27,33-35,37-43H,6-8H2,1H3,(H,31,36)(H,44,45)/t12-,13-,14-,15-,16+,17-,18-,19-,20-,21-,22-,23-,24+,25-,26+,27-,29+/m1/s1. The van der Waals surface area contributed by atoms with Crippen molar-refractivity contribution in [2.24, 2.45) is 0 Å². The van der Waals surface area contributed by atoms with E-state index in [9.17, 15) is 75.9 Å². The van der Waals surface area contributed by atoms with Crippen LogP contribution >= 0.6 is 0 Å². The summed E-state index contributed by atoms with van der Waals surface area (Å²) >= 11 is 0. The van der Waals surface area contributed by atoms with Gasteiger partial charge in [-0.1, -0.05) is 0 Å². The number of halogens is 1. The first kappa shape index (κ1) is 42.4. The van der Waals surface area contributed by atoms with Crippen molar-refractivity contribution in [3.63, 3.8) is 0 Å². The first-order chi connectivity index (χ1) is 24.9. The smallest absolute Gasteiger partial charge is 0.367 e. The number of nitro benzene ring substituents is 1. The largest absolute Gasteiger partial charge is 0.477 e. The second kappa shape index (κ2) is 17.4. The Labute approximate surface area is 297 Å². The van der Waals surface area contributed by atoms with E-state index in [1.54, 1.807) is 0 Å². The molecule has 3 aliphatic rings. The Bertz CT molecular complexity index is 1410. The quantitative estimate of drug-likeness (QED) is 0.0618. The average molecular weight is 773 g/mol. The second-order valence-corrected chi connectivity index (χ2v) is 12.4. The molecule has 24 heteroatoms. The number of ether oxygens (including phenoxy) is 6. The number of carboxylic acid groups (broad SMARTS) is 1. The molecule has 0 spiro atoms. The maximum absolute atomic E-state index is 16.0. The van der Waals surface area contributed by atoms with E-state index in [-0.39, 0.29) is 11.4 Å². The maximum Gasteiger partial charge on any atom is 0.367 e. The van der Waals surface area contributed by atoms with E-state index in [4.69, 9.17) is 28.4 Å². The summed E-state index contributed by atoms with van der Waals surface area (Å²) in [5, 5.41) is 128. The number of carbonyl (C=O) groups excluding carboxylic acids is 1. The molecular formula is C29H41FN2O21. The molecule has 1 aromatic carbocycles. The molecule has 17 atom stereocenters. The molecule has 0 aliphatic carbocycles. The number of carbonyl (C=O) groups is 2. The number of nitrogens with zero attached hydrogens (tertiary/aromatic N) is 1. The molecule has 23 nitrogen and oxygen atoms in total. The van der Waals surface area contributed by atoms with Gasteiger partial charge in [0.1, 0.15) is 79.0 Å². The molecular weight excluding hydrogens is 731 g/mol. The van der Waals surface area contributed by atoms with Crippen molar-refractivity contribution in [1.29, 1.82) is 0 Å². The van der Waals surface area contributed by atoms with Crippen LogP contribution in [0.4, 0.5) is 10.1 Å². The molecule has 1 amide bonds. The van der Waals surface area contributed by atoms with E-state index in [0.717, 1.165) is 31.2 Å². The zero-order chi connectivity index (χ0) is 39.5. The van der Waals surface area contributed by atoms with E-state index in [1.807, 2.05) is 5.32 Å². The van der Waals surface area contributed by atoms with E-state index in [2.05, 4.69) is 0 Å². The van der Waals surface area contributed by atoms with Crippen LogP contribution in [0.15, 0.2) is 24.3 Å². The number of aliphatic carboxylic acids is 1. The van der Waals surface area contributed by atoms with Crippen LogP contribution in [-0.2, 0) is 33.3 Å². The topological polar surface area (TPSA) is 367 Å². The molecule has 3 heterocycles. The van der Waals surface area contributed by atoms with Gasteiger partial charge in [0.2, 0.25) is 12.2 Å². The highest BCUT2D eigenvalue weighted by Crippen LogP contribution is 2.40. The number of hydrogen-bond acceptors (Lipinski definition) is 20. The molecule has 0 bridgehead atoms. The van der Waals surface area contributed by atoms with Gasteiger partial charge in [-0.2, -0.15) is 0 Å². The molecule has 300 valence electrons. The summed E-state index contributed by atoms with van der Waals surface area (Å²) < 4.78 is 48.6. The van der Waals surface area contributed by atoms with Crippen LogP contribution in [0.5, 0.6) is 5.75 Å². The molecule has 12 N–H and O–H groups in total. The van der Waals surface area contributed by atoms with Crippen molar-refractivity contribution in [2.75, 3.05) is 19.8 Å². The van der Waals surface area contributed by atoms with Crippen molar-refractivity contribution in [1.82, 2.24) is 5.32 Å². The number of aliphatic hydroxyl groups excluding tert-OH is 10. The third-order valence-electron chi connectivity index (χ3n) is 8.83. The van der Waals surface area contributed by atoms with Gasteiger partial charge in [0.15, 0.2) is 12.5 Å². The second-order valence-electron chi connectivity index (χ2n) is 12.4. The fourth-order valence-electron chi connectivity index (χ4n) is 6.02. The normalized spacial score (nSPS) is 40.2. The van der Waals surface area contributed by atoms with Gasteiger partial charge < -0.3 is 89.9 Å². The van der Waals surface area contributed by atoms with Crippen molar-refractivity contribution in [3.8, 4) is 5.75 Å². The lowest BCUT2D eigenvalue weighted by molar-refractivity contribution is -0.393. The molecule has 3 aliphatic heterocycles. The number of aliphatic hydroxyl groups is 10. The molecule has 4 rings (SSSR count). The molecule has 1 aromatic rings. The van der Waals surface area contributed by atoms with Crippen molar-refractivity contribution in [2.45, 2.75) is 111 Å². The predicted octanol–water partition coefficient (Wildman–Crippen LogP) is -6.28. The van der Waals surface area contributed by atoms with Gasteiger partial charge in [-0.15, -0.1) is 0 Å². The fraction of sp³-hybridized carbons (Fsp3) is 0.724. The van der Waals surface area contributed by atoms with Gasteiger partial charge in [-0.3, -0.25) is 14.9 Å². The van der Waals surface area contributed by atoms with Crippen LogP contribution in [0.1, 0.15) is 6.92 Å². The zero-order valence-electron chi connectivity index (χ0n) is 27.5. The summed E-state index contributed by atoms with van der Waals surface area (Å²) in [4.78, 5) is 34.7. The first-order valence-corrected chi connectivity index (χ1v) is 15.9. The maximum atomic E-state index is 16.0. The number of rotatable bonds is 14. The highest BCUT2D eigenvalue weighted by molar-refractivity contribution is 5.77. The van der Waals surface area contributed by atoms with Gasteiger partial charge in [-0.25, -0.2) is 9.18 Å². The van der Waals surface area contributed by atoms with E-state index < -0.39 is 140 Å². The third-order valence-corrected chi connectivity index (χ3v) is 8.83. The van der Waals surface area contributed by atoms with Gasteiger partial charge in [0.25, 0.3) is 5.69 Å².